The van der Waals surface area contributed by atoms with Crippen molar-refractivity contribution in [2.75, 3.05) is 6.54 Å². The molecule has 0 bridgehead atoms. The molecule has 0 fully saturated rings. The predicted molar refractivity (Wildman–Crippen MR) is 108 cm³/mol. The fourth-order valence-electron chi connectivity index (χ4n) is 3.23. The summed E-state index contributed by atoms with van der Waals surface area (Å²) in [5.74, 6) is -1.79. The van der Waals surface area contributed by atoms with Crippen LogP contribution in [0.4, 0.5) is 0 Å². The van der Waals surface area contributed by atoms with Crippen molar-refractivity contribution >= 4 is 11.9 Å². The molecule has 1 amide bonds. The third-order valence-corrected chi connectivity index (χ3v) is 4.74. The Morgan fingerprint density at radius 2 is 1.62 bits per heavy atom. The van der Waals surface area contributed by atoms with Crippen LogP contribution in [0.2, 0.25) is 0 Å². The molecule has 0 atom stereocenters. The fraction of sp³-hybridized carbons (Fsp3) is 0.182. The van der Waals surface area contributed by atoms with Crippen molar-refractivity contribution in [3.8, 4) is 17.2 Å². The Balaban J connectivity index is 1.79. The number of carbonyl (C=O) groups is 2. The van der Waals surface area contributed by atoms with Crippen molar-refractivity contribution in [3.05, 3.63) is 76.6 Å². The van der Waals surface area contributed by atoms with Gasteiger partial charge in [0, 0.05) is 23.5 Å². The standard InChI is InChI=1S/C22H22N2O5/c1-13-3-4-14(2)24(13)18-12-16(6-7-17(18)22(28)29)21(27)23-10-9-15-5-8-19(25)20(26)11-15/h3-8,11-12,25-26H,9-10H2,1-2H3,(H,23,27)(H,28,29). The Morgan fingerprint density at radius 3 is 2.24 bits per heavy atom. The number of amides is 1. The molecule has 150 valence electrons. The zero-order chi connectivity index (χ0) is 21.1. The lowest BCUT2D eigenvalue weighted by Gasteiger charge is -2.14. The summed E-state index contributed by atoms with van der Waals surface area (Å²) in [6, 6.07) is 12.8. The normalized spacial score (nSPS) is 10.7. The van der Waals surface area contributed by atoms with Crippen LogP contribution in [0.3, 0.4) is 0 Å². The SMILES string of the molecule is Cc1ccc(C)n1-c1cc(C(=O)NCCc2ccc(O)c(O)c2)ccc1C(=O)O. The molecule has 1 heterocycles. The van der Waals surface area contributed by atoms with Gasteiger partial charge in [-0.1, -0.05) is 6.07 Å². The summed E-state index contributed by atoms with van der Waals surface area (Å²) in [7, 11) is 0. The van der Waals surface area contributed by atoms with Crippen molar-refractivity contribution in [1.82, 2.24) is 9.88 Å². The van der Waals surface area contributed by atoms with Gasteiger partial charge in [0.15, 0.2) is 11.5 Å². The van der Waals surface area contributed by atoms with Crippen molar-refractivity contribution in [3.63, 3.8) is 0 Å². The van der Waals surface area contributed by atoms with Crippen LogP contribution in [-0.2, 0) is 6.42 Å². The van der Waals surface area contributed by atoms with Crippen molar-refractivity contribution in [2.45, 2.75) is 20.3 Å². The molecule has 0 saturated carbocycles. The van der Waals surface area contributed by atoms with E-state index < -0.39 is 5.97 Å². The van der Waals surface area contributed by atoms with Crippen LogP contribution in [0.5, 0.6) is 11.5 Å². The molecule has 3 aromatic rings. The molecule has 3 rings (SSSR count). The number of carboxylic acids is 1. The highest BCUT2D eigenvalue weighted by Crippen LogP contribution is 2.25. The minimum atomic E-state index is -1.06. The molecule has 0 unspecified atom stereocenters. The number of carboxylic acid groups (broad SMARTS) is 1. The zero-order valence-electron chi connectivity index (χ0n) is 16.1. The first-order chi connectivity index (χ1) is 13.8. The largest absolute Gasteiger partial charge is 0.504 e. The van der Waals surface area contributed by atoms with Gasteiger partial charge in [0.05, 0.1) is 11.3 Å². The molecule has 2 aromatic carbocycles. The van der Waals surface area contributed by atoms with Gasteiger partial charge in [0.1, 0.15) is 0 Å². The number of benzene rings is 2. The minimum Gasteiger partial charge on any atom is -0.504 e. The lowest BCUT2D eigenvalue weighted by Crippen LogP contribution is -2.26. The van der Waals surface area contributed by atoms with E-state index in [-0.39, 0.29) is 23.0 Å². The van der Waals surface area contributed by atoms with Crippen LogP contribution in [-0.4, -0.2) is 38.3 Å². The quantitative estimate of drug-likeness (QED) is 0.480. The van der Waals surface area contributed by atoms with Crippen LogP contribution in [0, 0.1) is 13.8 Å². The summed E-state index contributed by atoms with van der Waals surface area (Å²) in [5, 5.41) is 31.2. The first kappa shape index (κ1) is 20.0. The highest BCUT2D eigenvalue weighted by atomic mass is 16.4. The maximum atomic E-state index is 12.6. The van der Waals surface area contributed by atoms with Crippen molar-refractivity contribution in [2.24, 2.45) is 0 Å². The Hall–Kier alpha value is -3.74. The zero-order valence-corrected chi connectivity index (χ0v) is 16.1. The van der Waals surface area contributed by atoms with Crippen LogP contribution >= 0.6 is 0 Å². The lowest BCUT2D eigenvalue weighted by molar-refractivity contribution is 0.0696. The monoisotopic (exact) mass is 394 g/mol. The van der Waals surface area contributed by atoms with E-state index in [1.54, 1.807) is 16.7 Å². The van der Waals surface area contributed by atoms with Crippen molar-refractivity contribution in [1.29, 1.82) is 0 Å². The maximum Gasteiger partial charge on any atom is 0.337 e. The second-order valence-electron chi connectivity index (χ2n) is 6.82. The summed E-state index contributed by atoms with van der Waals surface area (Å²) in [6.07, 6.45) is 0.468. The first-order valence-electron chi connectivity index (χ1n) is 9.09. The van der Waals surface area contributed by atoms with E-state index in [9.17, 15) is 24.9 Å². The molecule has 7 heteroatoms. The van der Waals surface area contributed by atoms with E-state index in [4.69, 9.17) is 0 Å². The second-order valence-corrected chi connectivity index (χ2v) is 6.82. The molecule has 0 saturated heterocycles. The van der Waals surface area contributed by atoms with Gasteiger partial charge in [-0.3, -0.25) is 4.79 Å². The number of hydrogen-bond donors (Lipinski definition) is 4. The lowest BCUT2D eigenvalue weighted by atomic mass is 10.1. The molecule has 1 aromatic heterocycles. The number of phenolic OH excluding ortho intramolecular Hbond substituents is 2. The van der Waals surface area contributed by atoms with Gasteiger partial charge >= 0.3 is 5.97 Å². The molecule has 0 spiro atoms. The van der Waals surface area contributed by atoms with E-state index >= 15 is 0 Å². The molecule has 29 heavy (non-hydrogen) atoms. The molecule has 0 radical (unpaired) electrons. The number of nitrogens with one attached hydrogen (secondary N) is 1. The third kappa shape index (κ3) is 4.24. The van der Waals surface area contributed by atoms with E-state index in [2.05, 4.69) is 5.32 Å². The molecule has 4 N–H and O–H groups in total. The summed E-state index contributed by atoms with van der Waals surface area (Å²) < 4.78 is 1.81. The smallest absolute Gasteiger partial charge is 0.337 e. The van der Waals surface area contributed by atoms with E-state index in [0.717, 1.165) is 17.0 Å². The van der Waals surface area contributed by atoms with Gasteiger partial charge in [-0.2, -0.15) is 0 Å². The Morgan fingerprint density at radius 1 is 0.931 bits per heavy atom. The molecule has 0 aliphatic rings. The molecule has 0 aliphatic carbocycles. The Kier molecular flexibility index (Phi) is 5.59. The van der Waals surface area contributed by atoms with Crippen molar-refractivity contribution < 1.29 is 24.9 Å². The Bertz CT molecular complexity index is 1070. The number of carbonyl (C=O) groups excluding carboxylic acids is 1. The average molecular weight is 394 g/mol. The van der Waals surface area contributed by atoms with Gasteiger partial charge in [-0.25, -0.2) is 4.79 Å². The number of aryl methyl sites for hydroxylation is 2. The van der Waals surface area contributed by atoms with E-state index in [0.29, 0.717) is 24.2 Å². The highest BCUT2D eigenvalue weighted by molar-refractivity contribution is 5.98. The number of hydrogen-bond acceptors (Lipinski definition) is 4. The topological polar surface area (TPSA) is 112 Å². The van der Waals surface area contributed by atoms with Gasteiger partial charge in [-0.05, 0) is 68.3 Å². The van der Waals surface area contributed by atoms with Crippen LogP contribution in [0.25, 0.3) is 5.69 Å². The Labute approximate surface area is 167 Å². The van der Waals surface area contributed by atoms with E-state index in [1.165, 1.54) is 24.3 Å². The summed E-state index contributed by atoms with van der Waals surface area (Å²) in [5.41, 5.74) is 3.41. The fourth-order valence-corrected chi connectivity index (χ4v) is 3.23. The van der Waals surface area contributed by atoms with Crippen LogP contribution < -0.4 is 5.32 Å². The van der Waals surface area contributed by atoms with Gasteiger partial charge in [-0.15, -0.1) is 0 Å². The number of aromatic nitrogens is 1. The number of nitrogens with zero attached hydrogens (tertiary/aromatic N) is 1. The summed E-state index contributed by atoms with van der Waals surface area (Å²) in [4.78, 5) is 24.2. The third-order valence-electron chi connectivity index (χ3n) is 4.74. The first-order valence-corrected chi connectivity index (χ1v) is 9.09. The minimum absolute atomic E-state index is 0.114. The number of phenols is 2. The van der Waals surface area contributed by atoms with Gasteiger partial charge < -0.3 is 25.2 Å². The molecule has 7 nitrogen and oxygen atoms in total. The predicted octanol–water partition coefficient (Wildman–Crippen LogP) is 3.18. The summed E-state index contributed by atoms with van der Waals surface area (Å²) in [6.45, 7) is 4.07. The maximum absolute atomic E-state index is 12.6. The number of aromatic carboxylic acids is 1. The van der Waals surface area contributed by atoms with Gasteiger partial charge in [0.25, 0.3) is 5.91 Å². The molecular weight excluding hydrogens is 372 g/mol. The van der Waals surface area contributed by atoms with Crippen LogP contribution in [0.1, 0.15) is 37.7 Å². The van der Waals surface area contributed by atoms with Crippen LogP contribution in [0.15, 0.2) is 48.5 Å². The molecular formula is C22H22N2O5. The molecule has 0 aliphatic heterocycles. The average Bonchev–Trinajstić information content (AvgIpc) is 3.02. The van der Waals surface area contributed by atoms with Gasteiger partial charge in [0.2, 0.25) is 0 Å². The second kappa shape index (κ2) is 8.10. The highest BCUT2D eigenvalue weighted by Gasteiger charge is 2.17. The van der Waals surface area contributed by atoms with E-state index in [1.807, 2.05) is 26.0 Å². The number of aromatic hydroxyl groups is 2. The summed E-state index contributed by atoms with van der Waals surface area (Å²) >= 11 is 0. The number of rotatable bonds is 6.